The van der Waals surface area contributed by atoms with Gasteiger partial charge in [-0.15, -0.1) is 0 Å². The largest absolute Gasteiger partial charge is 0.468 e. The fraction of sp³-hybridized carbons (Fsp3) is 0.308. The Kier molecular flexibility index (Phi) is 7.57. The third kappa shape index (κ3) is 5.62. The van der Waals surface area contributed by atoms with E-state index < -0.39 is 0 Å². The van der Waals surface area contributed by atoms with Gasteiger partial charge >= 0.3 is 5.97 Å². The number of piperidine rings is 1. The highest BCUT2D eigenvalue weighted by Crippen LogP contribution is 2.34. The molecule has 0 N–H and O–H groups in total. The number of nitrogens with zero attached hydrogens (tertiary/aromatic N) is 3. The average molecular weight is 480 g/mol. The molecule has 1 atom stereocenters. The molecule has 1 aliphatic rings. The number of benzene rings is 2. The summed E-state index contributed by atoms with van der Waals surface area (Å²) in [4.78, 5) is 35.9. The smallest absolute Gasteiger partial charge is 0.316 e. The number of hydrogen-bond acceptors (Lipinski definition) is 6. The summed E-state index contributed by atoms with van der Waals surface area (Å²) < 4.78 is 18.3. The molecule has 6 nitrogen and oxygen atoms in total. The summed E-state index contributed by atoms with van der Waals surface area (Å²) in [5, 5.41) is 0.466. The number of amides is 1. The lowest BCUT2D eigenvalue weighted by Crippen LogP contribution is -2.39. The maximum atomic E-state index is 13.5. The van der Waals surface area contributed by atoms with Crippen molar-refractivity contribution in [1.82, 2.24) is 14.9 Å². The van der Waals surface area contributed by atoms with Gasteiger partial charge in [0.05, 0.1) is 18.6 Å². The number of rotatable bonds is 6. The predicted molar refractivity (Wildman–Crippen MR) is 129 cm³/mol. The molecule has 1 amide bonds. The predicted octanol–water partition coefficient (Wildman–Crippen LogP) is 4.88. The summed E-state index contributed by atoms with van der Waals surface area (Å²) in [6, 6.07) is 13.8. The van der Waals surface area contributed by atoms with Crippen LogP contribution in [0.1, 0.15) is 40.4 Å². The van der Waals surface area contributed by atoms with Crippen molar-refractivity contribution >= 4 is 23.6 Å². The number of hydrogen-bond donors (Lipinski definition) is 0. The minimum atomic E-state index is -0.356. The summed E-state index contributed by atoms with van der Waals surface area (Å²) in [5.41, 5.74) is 4.13. The Morgan fingerprint density at radius 3 is 2.74 bits per heavy atom. The maximum Gasteiger partial charge on any atom is 0.316 e. The lowest BCUT2D eigenvalue weighted by molar-refractivity contribution is -0.137. The van der Waals surface area contributed by atoms with Crippen molar-refractivity contribution in [2.45, 2.75) is 30.8 Å². The van der Waals surface area contributed by atoms with Gasteiger partial charge in [0.25, 0.3) is 5.91 Å². The van der Waals surface area contributed by atoms with E-state index in [0.29, 0.717) is 23.8 Å². The standard InChI is InChI=1S/C26H26FN3O3S/c1-17-5-3-6-19(13-17)25(32)30-12-4-7-20(15-30)24-22(18-8-10-21(27)11-9-18)14-28-26(29-24)34-16-23(31)33-2/h3,5-6,8-11,13-14,20H,4,7,12,15-16H2,1-2H3. The fourth-order valence-corrected chi connectivity index (χ4v) is 4.79. The zero-order valence-electron chi connectivity index (χ0n) is 19.2. The Bertz CT molecular complexity index is 1190. The third-order valence-electron chi connectivity index (χ3n) is 5.86. The van der Waals surface area contributed by atoms with Crippen LogP contribution >= 0.6 is 11.8 Å². The van der Waals surface area contributed by atoms with Gasteiger partial charge < -0.3 is 9.64 Å². The average Bonchev–Trinajstić information content (AvgIpc) is 2.87. The summed E-state index contributed by atoms with van der Waals surface area (Å²) in [5.74, 6) is -0.572. The number of ether oxygens (including phenoxy) is 1. The van der Waals surface area contributed by atoms with Crippen LogP contribution in [0.5, 0.6) is 0 Å². The van der Waals surface area contributed by atoms with Crippen molar-refractivity contribution in [3.63, 3.8) is 0 Å². The van der Waals surface area contributed by atoms with Gasteiger partial charge in [0.1, 0.15) is 5.82 Å². The first-order chi connectivity index (χ1) is 16.4. The van der Waals surface area contributed by atoms with E-state index in [2.05, 4.69) is 4.98 Å². The van der Waals surface area contributed by atoms with Crippen molar-refractivity contribution in [2.24, 2.45) is 0 Å². The molecule has 4 rings (SSSR count). The molecule has 0 saturated carbocycles. The summed E-state index contributed by atoms with van der Waals surface area (Å²) in [6.07, 6.45) is 3.43. The fourth-order valence-electron chi connectivity index (χ4n) is 4.14. The van der Waals surface area contributed by atoms with Crippen LogP contribution in [0.3, 0.4) is 0 Å². The Morgan fingerprint density at radius 1 is 1.21 bits per heavy atom. The normalized spacial score (nSPS) is 15.7. The third-order valence-corrected chi connectivity index (χ3v) is 6.69. The Labute approximate surface area is 202 Å². The first-order valence-corrected chi connectivity index (χ1v) is 12.1. The molecule has 1 aliphatic heterocycles. The Balaban J connectivity index is 1.64. The maximum absolute atomic E-state index is 13.5. The molecule has 1 unspecified atom stereocenters. The van der Waals surface area contributed by atoms with E-state index in [0.717, 1.165) is 35.2 Å². The van der Waals surface area contributed by atoms with Crippen LogP contribution in [0.25, 0.3) is 11.1 Å². The van der Waals surface area contributed by atoms with E-state index in [1.165, 1.54) is 31.0 Å². The second kappa shape index (κ2) is 10.8. The molecule has 0 bridgehead atoms. The number of thioether (sulfide) groups is 1. The van der Waals surface area contributed by atoms with Gasteiger partial charge in [-0.3, -0.25) is 9.59 Å². The van der Waals surface area contributed by atoms with E-state index in [-0.39, 0.29) is 29.4 Å². The van der Waals surface area contributed by atoms with Gasteiger partial charge in [-0.05, 0) is 49.6 Å². The number of aryl methyl sites for hydroxylation is 1. The highest BCUT2D eigenvalue weighted by Gasteiger charge is 2.29. The van der Waals surface area contributed by atoms with Crippen LogP contribution in [0, 0.1) is 12.7 Å². The number of esters is 1. The summed E-state index contributed by atoms with van der Waals surface area (Å²) in [7, 11) is 1.34. The number of halogens is 1. The molecule has 34 heavy (non-hydrogen) atoms. The van der Waals surface area contributed by atoms with E-state index in [4.69, 9.17) is 9.72 Å². The van der Waals surface area contributed by atoms with E-state index in [1.54, 1.807) is 18.3 Å². The van der Waals surface area contributed by atoms with Crippen LogP contribution in [0.2, 0.25) is 0 Å². The van der Waals surface area contributed by atoms with Crippen LogP contribution in [0.4, 0.5) is 4.39 Å². The lowest BCUT2D eigenvalue weighted by atomic mass is 9.89. The van der Waals surface area contributed by atoms with Gasteiger partial charge in [-0.2, -0.15) is 0 Å². The first kappa shape index (κ1) is 23.9. The minimum absolute atomic E-state index is 0.00563. The van der Waals surface area contributed by atoms with Crippen molar-refractivity contribution < 1.29 is 18.7 Å². The zero-order chi connectivity index (χ0) is 24.1. The Morgan fingerprint density at radius 2 is 2.00 bits per heavy atom. The molecule has 1 fully saturated rings. The van der Waals surface area contributed by atoms with Crippen LogP contribution < -0.4 is 0 Å². The van der Waals surface area contributed by atoms with Crippen molar-refractivity contribution in [2.75, 3.05) is 26.0 Å². The molecule has 0 radical (unpaired) electrons. The Hall–Kier alpha value is -3.26. The molecule has 2 heterocycles. The molecule has 3 aromatic rings. The van der Waals surface area contributed by atoms with E-state index in [1.807, 2.05) is 36.1 Å². The number of carbonyl (C=O) groups excluding carboxylic acids is 2. The van der Waals surface area contributed by atoms with Crippen LogP contribution in [-0.4, -0.2) is 52.7 Å². The minimum Gasteiger partial charge on any atom is -0.468 e. The molecule has 0 aliphatic carbocycles. The SMILES string of the molecule is COC(=O)CSc1ncc(-c2ccc(F)cc2)c(C2CCCN(C(=O)c3cccc(C)c3)C2)n1. The molecule has 8 heteroatoms. The molecule has 1 saturated heterocycles. The molecule has 1 aromatic heterocycles. The van der Waals surface area contributed by atoms with Crippen LogP contribution in [-0.2, 0) is 9.53 Å². The zero-order valence-corrected chi connectivity index (χ0v) is 20.0. The monoisotopic (exact) mass is 479 g/mol. The molecule has 176 valence electrons. The highest BCUT2D eigenvalue weighted by molar-refractivity contribution is 7.99. The molecular formula is C26H26FN3O3S. The summed E-state index contributed by atoms with van der Waals surface area (Å²) in [6.45, 7) is 3.18. The number of carbonyl (C=O) groups is 2. The van der Waals surface area contributed by atoms with Gasteiger partial charge in [-0.25, -0.2) is 14.4 Å². The second-order valence-corrected chi connectivity index (χ2v) is 9.23. The molecule has 0 spiro atoms. The first-order valence-electron chi connectivity index (χ1n) is 11.1. The van der Waals surface area contributed by atoms with Crippen LogP contribution in [0.15, 0.2) is 59.9 Å². The van der Waals surface area contributed by atoms with E-state index in [9.17, 15) is 14.0 Å². The van der Waals surface area contributed by atoms with Gasteiger partial charge in [-0.1, -0.05) is 41.6 Å². The quantitative estimate of drug-likeness (QED) is 0.285. The van der Waals surface area contributed by atoms with Gasteiger partial charge in [0.15, 0.2) is 5.16 Å². The van der Waals surface area contributed by atoms with Crippen molar-refractivity contribution in [3.05, 3.63) is 77.4 Å². The van der Waals surface area contributed by atoms with Crippen molar-refractivity contribution in [3.8, 4) is 11.1 Å². The molecule has 2 aromatic carbocycles. The molecular weight excluding hydrogens is 453 g/mol. The lowest BCUT2D eigenvalue weighted by Gasteiger charge is -2.33. The topological polar surface area (TPSA) is 72.4 Å². The van der Waals surface area contributed by atoms with Gasteiger partial charge in [0.2, 0.25) is 0 Å². The van der Waals surface area contributed by atoms with E-state index >= 15 is 0 Å². The summed E-state index contributed by atoms with van der Waals surface area (Å²) >= 11 is 1.21. The van der Waals surface area contributed by atoms with Gasteiger partial charge in [0, 0.05) is 36.3 Å². The number of likely N-dealkylation sites (tertiary alicyclic amines) is 1. The number of aromatic nitrogens is 2. The number of methoxy groups -OCH3 is 1. The van der Waals surface area contributed by atoms with Crippen molar-refractivity contribution in [1.29, 1.82) is 0 Å². The highest BCUT2D eigenvalue weighted by atomic mass is 32.2. The second-order valence-electron chi connectivity index (χ2n) is 8.28.